The summed E-state index contributed by atoms with van der Waals surface area (Å²) >= 11 is 0. The Bertz CT molecular complexity index is 275. The smallest absolute Gasteiger partial charge is 0.263 e. The Hall–Kier alpha value is -1.92. The molecule has 0 radical (unpaired) electrons. The Labute approximate surface area is 67.6 Å². The summed E-state index contributed by atoms with van der Waals surface area (Å²) in [5.74, 6) is 0.483. The van der Waals surface area contributed by atoms with E-state index in [2.05, 4.69) is 36.1 Å². The van der Waals surface area contributed by atoms with Crippen LogP contribution in [0.5, 0.6) is 0 Å². The molecular formula is C5H7N7. The molecule has 2 heterocycles. The van der Waals surface area contributed by atoms with Crippen molar-refractivity contribution >= 4 is 5.95 Å². The van der Waals surface area contributed by atoms with Crippen molar-refractivity contribution in [2.75, 3.05) is 5.32 Å². The first-order chi connectivity index (χ1) is 5.95. The third-order valence-corrected chi connectivity index (χ3v) is 1.35. The Morgan fingerprint density at radius 2 is 2.50 bits per heavy atom. The van der Waals surface area contributed by atoms with E-state index in [-0.39, 0.29) is 0 Å². The standard InChI is InChI=1S/C5H7N7/c1(4-2-7-8-3-4)6-5-9-11-12-10-5/h2-3H,1H2,(H,7,8)(H2,6,9,10,11,12). The van der Waals surface area contributed by atoms with Crippen LogP contribution in [-0.4, -0.2) is 30.8 Å². The number of hydrogen-bond donors (Lipinski definition) is 3. The van der Waals surface area contributed by atoms with Gasteiger partial charge in [0.25, 0.3) is 5.95 Å². The topological polar surface area (TPSA) is 95.2 Å². The van der Waals surface area contributed by atoms with Crippen molar-refractivity contribution in [3.63, 3.8) is 0 Å². The third-order valence-electron chi connectivity index (χ3n) is 1.35. The fourth-order valence-electron chi connectivity index (χ4n) is 0.792. The minimum absolute atomic E-state index is 0.483. The summed E-state index contributed by atoms with van der Waals surface area (Å²) in [5.41, 5.74) is 1.04. The van der Waals surface area contributed by atoms with E-state index in [1.807, 2.05) is 0 Å². The third kappa shape index (κ3) is 1.39. The molecule has 0 aliphatic carbocycles. The second-order valence-corrected chi connectivity index (χ2v) is 2.20. The average molecular weight is 165 g/mol. The van der Waals surface area contributed by atoms with Crippen LogP contribution in [-0.2, 0) is 6.54 Å². The summed E-state index contributed by atoms with van der Waals surface area (Å²) < 4.78 is 0. The lowest BCUT2D eigenvalue weighted by Gasteiger charge is -1.95. The molecule has 0 saturated carbocycles. The summed E-state index contributed by atoms with van der Waals surface area (Å²) in [7, 11) is 0. The van der Waals surface area contributed by atoms with Gasteiger partial charge in [-0.2, -0.15) is 10.3 Å². The van der Waals surface area contributed by atoms with Crippen molar-refractivity contribution in [1.29, 1.82) is 0 Å². The molecule has 0 atom stereocenters. The molecule has 0 fully saturated rings. The minimum Gasteiger partial charge on any atom is -0.347 e. The predicted octanol–water partition coefficient (Wildman–Crippen LogP) is -0.465. The molecule has 0 bridgehead atoms. The molecule has 2 aromatic heterocycles. The molecule has 2 aromatic rings. The van der Waals surface area contributed by atoms with Crippen LogP contribution < -0.4 is 5.32 Å². The van der Waals surface area contributed by atoms with Gasteiger partial charge in [-0.15, -0.1) is 5.10 Å². The first-order valence-corrected chi connectivity index (χ1v) is 3.40. The van der Waals surface area contributed by atoms with E-state index in [4.69, 9.17) is 0 Å². The van der Waals surface area contributed by atoms with Gasteiger partial charge in [0.15, 0.2) is 0 Å². The zero-order valence-electron chi connectivity index (χ0n) is 6.15. The summed E-state index contributed by atoms with van der Waals surface area (Å²) in [4.78, 5) is 0. The van der Waals surface area contributed by atoms with Crippen LogP contribution in [0.3, 0.4) is 0 Å². The van der Waals surface area contributed by atoms with Crippen molar-refractivity contribution in [2.24, 2.45) is 0 Å². The van der Waals surface area contributed by atoms with Crippen LogP contribution in [0.15, 0.2) is 12.4 Å². The second-order valence-electron chi connectivity index (χ2n) is 2.20. The molecule has 2 rings (SSSR count). The van der Waals surface area contributed by atoms with Gasteiger partial charge in [-0.3, -0.25) is 5.10 Å². The molecule has 0 unspecified atom stereocenters. The molecule has 12 heavy (non-hydrogen) atoms. The molecule has 0 aliphatic heterocycles. The van der Waals surface area contributed by atoms with Gasteiger partial charge in [0.05, 0.1) is 6.20 Å². The summed E-state index contributed by atoms with van der Waals surface area (Å²) in [6.45, 7) is 0.635. The lowest BCUT2D eigenvalue weighted by molar-refractivity contribution is 0.881. The molecule has 7 nitrogen and oxygen atoms in total. The van der Waals surface area contributed by atoms with Crippen molar-refractivity contribution < 1.29 is 0 Å². The number of anilines is 1. The molecule has 0 saturated heterocycles. The van der Waals surface area contributed by atoms with Gasteiger partial charge in [0.2, 0.25) is 0 Å². The monoisotopic (exact) mass is 165 g/mol. The highest BCUT2D eigenvalue weighted by atomic mass is 15.5. The number of aromatic nitrogens is 6. The maximum absolute atomic E-state index is 3.79. The van der Waals surface area contributed by atoms with E-state index in [0.717, 1.165) is 5.56 Å². The molecular weight excluding hydrogens is 158 g/mol. The van der Waals surface area contributed by atoms with Gasteiger partial charge in [0, 0.05) is 18.3 Å². The highest BCUT2D eigenvalue weighted by Crippen LogP contribution is 1.97. The van der Waals surface area contributed by atoms with Crippen LogP contribution in [0.25, 0.3) is 0 Å². The first kappa shape index (κ1) is 6.77. The zero-order chi connectivity index (χ0) is 8.23. The van der Waals surface area contributed by atoms with E-state index in [1.165, 1.54) is 0 Å². The van der Waals surface area contributed by atoms with Crippen molar-refractivity contribution in [3.05, 3.63) is 18.0 Å². The SMILES string of the molecule is c1n[nH]cc1CNc1nn[nH]n1. The molecule has 7 heteroatoms. The average Bonchev–Trinajstić information content (AvgIpc) is 2.74. The molecule has 0 amide bonds. The minimum atomic E-state index is 0.483. The number of hydrogen-bond acceptors (Lipinski definition) is 5. The van der Waals surface area contributed by atoms with E-state index >= 15 is 0 Å². The number of nitrogens with one attached hydrogen (secondary N) is 3. The molecule has 0 aromatic carbocycles. The Morgan fingerprint density at radius 1 is 1.50 bits per heavy atom. The van der Waals surface area contributed by atoms with Gasteiger partial charge < -0.3 is 5.32 Å². The summed E-state index contributed by atoms with van der Waals surface area (Å²) in [6, 6.07) is 0. The van der Waals surface area contributed by atoms with Crippen molar-refractivity contribution in [3.8, 4) is 0 Å². The highest BCUT2D eigenvalue weighted by molar-refractivity contribution is 5.21. The molecule has 0 spiro atoms. The summed E-state index contributed by atoms with van der Waals surface area (Å²) in [6.07, 6.45) is 3.53. The zero-order valence-corrected chi connectivity index (χ0v) is 6.15. The predicted molar refractivity (Wildman–Crippen MR) is 40.1 cm³/mol. The van der Waals surface area contributed by atoms with Crippen molar-refractivity contribution in [2.45, 2.75) is 6.54 Å². The number of rotatable bonds is 3. The van der Waals surface area contributed by atoms with Gasteiger partial charge in [-0.25, -0.2) is 0 Å². The maximum Gasteiger partial charge on any atom is 0.263 e. The molecule has 3 N–H and O–H groups in total. The number of aromatic amines is 2. The highest BCUT2D eigenvalue weighted by Gasteiger charge is 1.96. The Kier molecular flexibility index (Phi) is 1.69. The van der Waals surface area contributed by atoms with Crippen LogP contribution in [0.4, 0.5) is 5.95 Å². The van der Waals surface area contributed by atoms with Crippen LogP contribution >= 0.6 is 0 Å². The molecule has 0 aliphatic rings. The van der Waals surface area contributed by atoms with Gasteiger partial charge in [-0.05, 0) is 5.21 Å². The van der Waals surface area contributed by atoms with Gasteiger partial charge >= 0.3 is 0 Å². The Balaban J connectivity index is 1.91. The van der Waals surface area contributed by atoms with Crippen molar-refractivity contribution in [1.82, 2.24) is 30.8 Å². The fourth-order valence-corrected chi connectivity index (χ4v) is 0.792. The second kappa shape index (κ2) is 2.99. The molecule has 62 valence electrons. The fraction of sp³-hybridized carbons (Fsp3) is 0.200. The largest absolute Gasteiger partial charge is 0.347 e. The van der Waals surface area contributed by atoms with Crippen LogP contribution in [0.2, 0.25) is 0 Å². The summed E-state index contributed by atoms with van der Waals surface area (Å²) in [5, 5.41) is 22.6. The van der Waals surface area contributed by atoms with Gasteiger partial charge in [0.1, 0.15) is 0 Å². The van der Waals surface area contributed by atoms with E-state index in [1.54, 1.807) is 12.4 Å². The quantitative estimate of drug-likeness (QED) is 0.571. The number of nitrogens with zero attached hydrogens (tertiary/aromatic N) is 4. The van der Waals surface area contributed by atoms with Crippen LogP contribution in [0, 0.1) is 0 Å². The normalized spacial score (nSPS) is 10.0. The van der Waals surface area contributed by atoms with E-state index in [0.29, 0.717) is 12.5 Å². The Morgan fingerprint density at radius 3 is 3.17 bits per heavy atom. The first-order valence-electron chi connectivity index (χ1n) is 3.40. The number of H-pyrrole nitrogens is 2. The number of tetrazole rings is 1. The van der Waals surface area contributed by atoms with E-state index in [9.17, 15) is 0 Å². The van der Waals surface area contributed by atoms with E-state index < -0.39 is 0 Å². The lowest BCUT2D eigenvalue weighted by atomic mass is 10.4. The van der Waals surface area contributed by atoms with Crippen LogP contribution in [0.1, 0.15) is 5.56 Å². The lowest BCUT2D eigenvalue weighted by Crippen LogP contribution is -1.99. The van der Waals surface area contributed by atoms with Gasteiger partial charge in [-0.1, -0.05) is 5.10 Å². The maximum atomic E-state index is 3.79.